The molecule has 0 saturated heterocycles. The highest BCUT2D eigenvalue weighted by Gasteiger charge is 2.16. The number of nitrogens with zero attached hydrogens (tertiary/aromatic N) is 2. The Kier molecular flexibility index (Phi) is 5.88. The van der Waals surface area contributed by atoms with Gasteiger partial charge >= 0.3 is 0 Å². The van der Waals surface area contributed by atoms with Crippen LogP contribution in [0.5, 0.6) is 0 Å². The van der Waals surface area contributed by atoms with Crippen LogP contribution >= 0.6 is 0 Å². The maximum atomic E-state index is 9.39. The van der Waals surface area contributed by atoms with E-state index in [9.17, 15) is 5.26 Å². The predicted molar refractivity (Wildman–Crippen MR) is 189 cm³/mol. The van der Waals surface area contributed by atoms with Gasteiger partial charge in [-0.05, 0) is 100 Å². The molecular formula is C43H26N2O. The van der Waals surface area contributed by atoms with Crippen molar-refractivity contribution in [2.24, 2.45) is 0 Å². The van der Waals surface area contributed by atoms with Gasteiger partial charge in [0.1, 0.15) is 11.2 Å². The molecule has 0 atom stereocenters. The summed E-state index contributed by atoms with van der Waals surface area (Å²) in [6, 6.07) is 57.4. The van der Waals surface area contributed by atoms with Crippen LogP contribution in [0.3, 0.4) is 0 Å². The molecule has 0 saturated carbocycles. The molecule has 0 bridgehead atoms. The number of hydrogen-bond acceptors (Lipinski definition) is 2. The van der Waals surface area contributed by atoms with Crippen molar-refractivity contribution in [3.05, 3.63) is 163 Å². The predicted octanol–water partition coefficient (Wildman–Crippen LogP) is 11.6. The van der Waals surface area contributed by atoms with Gasteiger partial charge in [-0.3, -0.25) is 0 Å². The highest BCUT2D eigenvalue weighted by molar-refractivity contribution is 6.12. The van der Waals surface area contributed by atoms with Crippen molar-refractivity contribution in [3.63, 3.8) is 0 Å². The van der Waals surface area contributed by atoms with Gasteiger partial charge in [-0.1, -0.05) is 91.0 Å². The Balaban J connectivity index is 1.19. The van der Waals surface area contributed by atoms with Crippen LogP contribution in [0.15, 0.2) is 162 Å². The molecule has 2 heterocycles. The van der Waals surface area contributed by atoms with E-state index in [-0.39, 0.29) is 0 Å². The first kappa shape index (κ1) is 26.1. The van der Waals surface area contributed by atoms with Gasteiger partial charge in [-0.25, -0.2) is 0 Å². The molecule has 0 fully saturated rings. The SMILES string of the molecule is N#Cc1cccc(-c2cccc(-c3ccc4oc5ccc(-n6c7ccccc7c7cc(-c8ccccc8)ccc76)cc5c4c3)c2)c1. The Morgan fingerprint density at radius 2 is 1.00 bits per heavy atom. The molecule has 0 aliphatic carbocycles. The fourth-order valence-corrected chi connectivity index (χ4v) is 6.79. The summed E-state index contributed by atoms with van der Waals surface area (Å²) >= 11 is 0. The zero-order chi connectivity index (χ0) is 30.6. The lowest BCUT2D eigenvalue weighted by molar-refractivity contribution is 0.669. The fraction of sp³-hybridized carbons (Fsp3) is 0. The van der Waals surface area contributed by atoms with Gasteiger partial charge in [0.2, 0.25) is 0 Å². The third-order valence-electron chi connectivity index (χ3n) is 9.01. The largest absolute Gasteiger partial charge is 0.456 e. The molecule has 0 spiro atoms. The summed E-state index contributed by atoms with van der Waals surface area (Å²) in [5.74, 6) is 0. The summed E-state index contributed by atoms with van der Waals surface area (Å²) in [7, 11) is 0. The van der Waals surface area contributed by atoms with Crippen molar-refractivity contribution in [1.82, 2.24) is 4.57 Å². The molecule has 0 amide bonds. The van der Waals surface area contributed by atoms with Crippen molar-refractivity contribution in [2.45, 2.75) is 0 Å². The molecule has 0 N–H and O–H groups in total. The average molecular weight is 587 g/mol. The van der Waals surface area contributed by atoms with Crippen molar-refractivity contribution in [3.8, 4) is 45.1 Å². The van der Waals surface area contributed by atoms with E-state index in [1.54, 1.807) is 0 Å². The second-order valence-corrected chi connectivity index (χ2v) is 11.7. The van der Waals surface area contributed by atoms with Crippen LogP contribution in [0, 0.1) is 11.3 Å². The van der Waals surface area contributed by atoms with E-state index in [1.807, 2.05) is 24.3 Å². The first-order valence-electron chi connectivity index (χ1n) is 15.4. The summed E-state index contributed by atoms with van der Waals surface area (Å²) in [5, 5.41) is 14.0. The molecule has 0 radical (unpaired) electrons. The van der Waals surface area contributed by atoms with Gasteiger partial charge in [0, 0.05) is 27.2 Å². The van der Waals surface area contributed by atoms with Gasteiger partial charge in [0.05, 0.1) is 22.7 Å². The number of aromatic nitrogens is 1. The van der Waals surface area contributed by atoms with E-state index in [0.29, 0.717) is 5.56 Å². The zero-order valence-electron chi connectivity index (χ0n) is 24.8. The molecule has 46 heavy (non-hydrogen) atoms. The Labute approximate surface area is 265 Å². The van der Waals surface area contributed by atoms with E-state index in [2.05, 4.69) is 144 Å². The topological polar surface area (TPSA) is 41.9 Å². The van der Waals surface area contributed by atoms with Gasteiger partial charge in [0.25, 0.3) is 0 Å². The highest BCUT2D eigenvalue weighted by atomic mass is 16.3. The fourth-order valence-electron chi connectivity index (χ4n) is 6.79. The van der Waals surface area contributed by atoms with Crippen molar-refractivity contribution in [1.29, 1.82) is 5.26 Å². The third kappa shape index (κ3) is 4.20. The Morgan fingerprint density at radius 3 is 1.83 bits per heavy atom. The van der Waals surface area contributed by atoms with Gasteiger partial charge in [0.15, 0.2) is 0 Å². The van der Waals surface area contributed by atoms with E-state index in [4.69, 9.17) is 4.42 Å². The van der Waals surface area contributed by atoms with E-state index >= 15 is 0 Å². The van der Waals surface area contributed by atoms with Crippen molar-refractivity contribution < 1.29 is 4.42 Å². The number of benzene rings is 7. The van der Waals surface area contributed by atoms with Crippen molar-refractivity contribution >= 4 is 43.7 Å². The van der Waals surface area contributed by atoms with Gasteiger partial charge in [-0.2, -0.15) is 5.26 Å². The minimum Gasteiger partial charge on any atom is -0.456 e. The van der Waals surface area contributed by atoms with Crippen LogP contribution in [0.2, 0.25) is 0 Å². The summed E-state index contributed by atoms with van der Waals surface area (Å²) < 4.78 is 8.70. The molecule has 3 nitrogen and oxygen atoms in total. The number of nitriles is 1. The lowest BCUT2D eigenvalue weighted by Gasteiger charge is -2.09. The molecule has 9 rings (SSSR count). The van der Waals surface area contributed by atoms with Crippen LogP contribution < -0.4 is 0 Å². The Bertz CT molecular complexity index is 2650. The molecule has 7 aromatic carbocycles. The number of para-hydroxylation sites is 1. The Hall–Kier alpha value is -6.37. The first-order chi connectivity index (χ1) is 22.7. The monoisotopic (exact) mass is 586 g/mol. The normalized spacial score (nSPS) is 11.5. The Morgan fingerprint density at radius 1 is 0.413 bits per heavy atom. The number of hydrogen-bond donors (Lipinski definition) is 0. The molecule has 214 valence electrons. The van der Waals surface area contributed by atoms with Crippen LogP contribution in [0.1, 0.15) is 5.56 Å². The first-order valence-corrected chi connectivity index (χ1v) is 15.4. The van der Waals surface area contributed by atoms with Crippen LogP contribution in [0.4, 0.5) is 0 Å². The van der Waals surface area contributed by atoms with E-state index < -0.39 is 0 Å². The highest BCUT2D eigenvalue weighted by Crippen LogP contribution is 2.38. The lowest BCUT2D eigenvalue weighted by Crippen LogP contribution is -1.93. The molecule has 0 unspecified atom stereocenters. The molecule has 3 heteroatoms. The molecule has 0 aliphatic rings. The molecule has 9 aromatic rings. The smallest absolute Gasteiger partial charge is 0.135 e. The number of furan rings is 1. The second-order valence-electron chi connectivity index (χ2n) is 11.7. The van der Waals surface area contributed by atoms with Crippen LogP contribution in [-0.4, -0.2) is 4.57 Å². The standard InChI is InChI=1S/C43H26N2O/c44-27-28-8-6-11-30(22-28)31-12-7-13-32(23-31)34-17-20-42-38(25-34)39-26-35(18-21-43(39)46-42)45-40-15-5-4-14-36(40)37-24-33(16-19-41(37)45)29-9-2-1-3-10-29/h1-26H. The van der Waals surface area contributed by atoms with Gasteiger partial charge < -0.3 is 8.98 Å². The van der Waals surface area contributed by atoms with Crippen LogP contribution in [-0.2, 0) is 0 Å². The summed E-state index contributed by atoms with van der Waals surface area (Å²) in [5.41, 5.74) is 12.6. The molecular weight excluding hydrogens is 560 g/mol. The number of fused-ring (bicyclic) bond motifs is 6. The van der Waals surface area contributed by atoms with Gasteiger partial charge in [-0.15, -0.1) is 0 Å². The summed E-state index contributed by atoms with van der Waals surface area (Å²) in [4.78, 5) is 0. The minimum absolute atomic E-state index is 0.657. The number of rotatable bonds is 4. The molecule has 2 aromatic heterocycles. The summed E-state index contributed by atoms with van der Waals surface area (Å²) in [6.45, 7) is 0. The van der Waals surface area contributed by atoms with E-state index in [1.165, 1.54) is 32.9 Å². The molecule has 0 aliphatic heterocycles. The second kappa shape index (κ2) is 10.4. The summed E-state index contributed by atoms with van der Waals surface area (Å²) in [6.07, 6.45) is 0. The maximum absolute atomic E-state index is 9.39. The quantitative estimate of drug-likeness (QED) is 0.206. The average Bonchev–Trinajstić information content (AvgIpc) is 3.66. The zero-order valence-corrected chi connectivity index (χ0v) is 24.8. The maximum Gasteiger partial charge on any atom is 0.135 e. The van der Waals surface area contributed by atoms with Crippen molar-refractivity contribution in [2.75, 3.05) is 0 Å². The lowest BCUT2D eigenvalue weighted by atomic mass is 9.97. The van der Waals surface area contributed by atoms with Crippen LogP contribution in [0.25, 0.3) is 82.8 Å². The minimum atomic E-state index is 0.657. The van der Waals surface area contributed by atoms with E-state index in [0.717, 1.165) is 49.9 Å². The third-order valence-corrected chi connectivity index (χ3v) is 9.01.